The van der Waals surface area contributed by atoms with Gasteiger partial charge in [0.2, 0.25) is 10.0 Å². The molecule has 0 aliphatic heterocycles. The number of nitrogens with zero attached hydrogens (tertiary/aromatic N) is 1. The third-order valence-corrected chi connectivity index (χ3v) is 5.21. The Hall–Kier alpha value is -1.45. The number of rotatable bonds is 6. The van der Waals surface area contributed by atoms with E-state index >= 15 is 0 Å². The summed E-state index contributed by atoms with van der Waals surface area (Å²) in [5.41, 5.74) is 0.0788. The van der Waals surface area contributed by atoms with Crippen molar-refractivity contribution in [3.8, 4) is 0 Å². The van der Waals surface area contributed by atoms with Crippen LogP contribution in [0.5, 0.6) is 0 Å². The zero-order chi connectivity index (χ0) is 17.1. The van der Waals surface area contributed by atoms with Crippen molar-refractivity contribution in [2.75, 3.05) is 20.7 Å². The molecule has 0 amide bonds. The van der Waals surface area contributed by atoms with Crippen LogP contribution in [0, 0.1) is 5.92 Å². The number of halogens is 1. The van der Waals surface area contributed by atoms with Crippen LogP contribution in [0.15, 0.2) is 27.6 Å². The maximum absolute atomic E-state index is 12.5. The minimum Gasteiger partial charge on any atom is -0.481 e. The minimum atomic E-state index is -3.92. The zero-order valence-corrected chi connectivity index (χ0v) is 14.6. The van der Waals surface area contributed by atoms with Gasteiger partial charge in [-0.2, -0.15) is 0 Å². The predicted octanol–water partition coefficient (Wildman–Crippen LogP) is 1.58. The predicted molar refractivity (Wildman–Crippen MR) is 82.1 cm³/mol. The first kappa shape index (κ1) is 18.6. The van der Waals surface area contributed by atoms with Gasteiger partial charge >= 0.3 is 11.9 Å². The van der Waals surface area contributed by atoms with Gasteiger partial charge in [-0.1, -0.05) is 22.9 Å². The van der Waals surface area contributed by atoms with E-state index in [4.69, 9.17) is 5.11 Å². The fourth-order valence-electron chi connectivity index (χ4n) is 1.69. The smallest absolute Gasteiger partial charge is 0.337 e. The quantitative estimate of drug-likeness (QED) is 0.736. The van der Waals surface area contributed by atoms with Crippen molar-refractivity contribution in [3.63, 3.8) is 0 Å². The molecule has 0 heterocycles. The van der Waals surface area contributed by atoms with Gasteiger partial charge in [0.05, 0.1) is 23.5 Å². The second-order valence-electron chi connectivity index (χ2n) is 4.69. The number of ether oxygens (including phenoxy) is 1. The highest BCUT2D eigenvalue weighted by atomic mass is 79.9. The molecule has 1 unspecified atom stereocenters. The summed E-state index contributed by atoms with van der Waals surface area (Å²) in [7, 11) is -1.44. The number of sulfonamides is 1. The first-order chi connectivity index (χ1) is 10.1. The van der Waals surface area contributed by atoms with Crippen LogP contribution >= 0.6 is 15.9 Å². The molecule has 0 radical (unpaired) electrons. The average molecular weight is 394 g/mol. The van der Waals surface area contributed by atoms with Crippen molar-refractivity contribution >= 4 is 37.9 Å². The number of carbonyl (C=O) groups is 2. The van der Waals surface area contributed by atoms with Crippen molar-refractivity contribution < 1.29 is 27.9 Å². The summed E-state index contributed by atoms with van der Waals surface area (Å²) in [5, 5.41) is 8.87. The Kier molecular flexibility index (Phi) is 6.09. The van der Waals surface area contributed by atoms with Gasteiger partial charge in [-0.25, -0.2) is 17.5 Å². The molecule has 0 aliphatic carbocycles. The first-order valence-electron chi connectivity index (χ1n) is 6.17. The van der Waals surface area contributed by atoms with Gasteiger partial charge in [0.1, 0.15) is 0 Å². The number of aliphatic carboxylic acids is 1. The van der Waals surface area contributed by atoms with E-state index in [1.807, 2.05) is 0 Å². The second-order valence-corrected chi connectivity index (χ2v) is 7.65. The van der Waals surface area contributed by atoms with E-state index in [1.165, 1.54) is 39.3 Å². The molecule has 0 aromatic heterocycles. The van der Waals surface area contributed by atoms with Gasteiger partial charge in [0, 0.05) is 18.1 Å². The summed E-state index contributed by atoms with van der Waals surface area (Å²) in [4.78, 5) is 22.3. The van der Waals surface area contributed by atoms with Crippen LogP contribution in [0.2, 0.25) is 0 Å². The van der Waals surface area contributed by atoms with E-state index in [2.05, 4.69) is 20.7 Å². The summed E-state index contributed by atoms with van der Waals surface area (Å²) < 4.78 is 30.8. The number of carboxylic acids is 1. The summed E-state index contributed by atoms with van der Waals surface area (Å²) >= 11 is 3.14. The minimum absolute atomic E-state index is 0.0788. The first-order valence-corrected chi connectivity index (χ1v) is 8.41. The van der Waals surface area contributed by atoms with Crippen LogP contribution in [0.3, 0.4) is 0 Å². The van der Waals surface area contributed by atoms with E-state index in [0.29, 0.717) is 4.47 Å². The molecule has 0 saturated carbocycles. The van der Waals surface area contributed by atoms with Gasteiger partial charge in [-0.15, -0.1) is 0 Å². The van der Waals surface area contributed by atoms with Crippen LogP contribution in [-0.2, 0) is 19.6 Å². The number of carboxylic acid groups (broad SMARTS) is 1. The number of carbonyl (C=O) groups excluding carboxylic acids is 1. The lowest BCUT2D eigenvalue weighted by atomic mass is 10.2. The van der Waals surface area contributed by atoms with Gasteiger partial charge in [-0.05, 0) is 18.2 Å². The number of methoxy groups -OCH3 is 1. The Morgan fingerprint density at radius 2 is 1.95 bits per heavy atom. The lowest BCUT2D eigenvalue weighted by Crippen LogP contribution is -2.33. The van der Waals surface area contributed by atoms with Crippen LogP contribution in [-0.4, -0.2) is 50.5 Å². The van der Waals surface area contributed by atoms with Crippen LogP contribution in [0.4, 0.5) is 0 Å². The molecule has 0 spiro atoms. The monoisotopic (exact) mass is 393 g/mol. The molecule has 22 heavy (non-hydrogen) atoms. The molecule has 1 N–H and O–H groups in total. The zero-order valence-electron chi connectivity index (χ0n) is 12.2. The molecule has 1 rings (SSSR count). The van der Waals surface area contributed by atoms with Crippen LogP contribution < -0.4 is 0 Å². The normalized spacial score (nSPS) is 13.0. The molecule has 1 aromatic carbocycles. The largest absolute Gasteiger partial charge is 0.481 e. The topological polar surface area (TPSA) is 101 Å². The number of benzene rings is 1. The van der Waals surface area contributed by atoms with Crippen LogP contribution in [0.1, 0.15) is 17.3 Å². The summed E-state index contributed by atoms with van der Waals surface area (Å²) in [6.45, 7) is 1.23. The molecule has 0 saturated heterocycles. The fourth-order valence-corrected chi connectivity index (χ4v) is 3.67. The Morgan fingerprint density at radius 3 is 2.45 bits per heavy atom. The highest BCUT2D eigenvalue weighted by molar-refractivity contribution is 9.10. The molecule has 7 nitrogen and oxygen atoms in total. The maximum Gasteiger partial charge on any atom is 0.337 e. The lowest BCUT2D eigenvalue weighted by Gasteiger charge is -2.19. The average Bonchev–Trinajstić information content (AvgIpc) is 2.45. The molecule has 9 heteroatoms. The number of esters is 1. The van der Waals surface area contributed by atoms with Crippen molar-refractivity contribution in [2.45, 2.75) is 11.8 Å². The molecular formula is C13H16BrNO6S. The number of hydrogen-bond donors (Lipinski definition) is 1. The van der Waals surface area contributed by atoms with Gasteiger partial charge in [0.15, 0.2) is 0 Å². The number of hydrogen-bond acceptors (Lipinski definition) is 5. The molecule has 1 aromatic rings. The Balaban J connectivity index is 3.20. The van der Waals surface area contributed by atoms with Gasteiger partial charge in [-0.3, -0.25) is 4.79 Å². The molecular weight excluding hydrogens is 378 g/mol. The van der Waals surface area contributed by atoms with E-state index in [1.54, 1.807) is 0 Å². The van der Waals surface area contributed by atoms with Crippen molar-refractivity contribution in [1.82, 2.24) is 4.31 Å². The van der Waals surface area contributed by atoms with Crippen molar-refractivity contribution in [1.29, 1.82) is 0 Å². The van der Waals surface area contributed by atoms with E-state index in [-0.39, 0.29) is 17.0 Å². The van der Waals surface area contributed by atoms with Crippen LogP contribution in [0.25, 0.3) is 0 Å². The SMILES string of the molecule is COC(=O)c1cc(Br)cc(S(=O)(=O)N(C)CC(C)C(=O)O)c1. The molecule has 0 aliphatic rings. The summed E-state index contributed by atoms with van der Waals surface area (Å²) in [6, 6.07) is 3.96. The van der Waals surface area contributed by atoms with E-state index in [9.17, 15) is 18.0 Å². The van der Waals surface area contributed by atoms with Gasteiger partial charge in [0.25, 0.3) is 0 Å². The van der Waals surface area contributed by atoms with Crippen molar-refractivity contribution in [3.05, 3.63) is 28.2 Å². The Bertz CT molecular complexity index is 688. The standard InChI is InChI=1S/C13H16BrNO6S/c1-8(12(16)17)7-15(2)22(19,20)11-5-9(13(18)21-3)4-10(14)6-11/h4-6,8H,7H2,1-3H3,(H,16,17). The molecule has 122 valence electrons. The van der Waals surface area contributed by atoms with Gasteiger partial charge < -0.3 is 9.84 Å². The molecule has 1 atom stereocenters. The Labute approximate surface area is 137 Å². The Morgan fingerprint density at radius 1 is 1.36 bits per heavy atom. The van der Waals surface area contributed by atoms with E-state index in [0.717, 1.165) is 4.31 Å². The maximum atomic E-state index is 12.5. The third-order valence-electron chi connectivity index (χ3n) is 2.95. The van der Waals surface area contributed by atoms with Crippen molar-refractivity contribution in [2.24, 2.45) is 5.92 Å². The highest BCUT2D eigenvalue weighted by Crippen LogP contribution is 2.23. The van der Waals surface area contributed by atoms with E-state index < -0.39 is 27.9 Å². The second kappa shape index (κ2) is 7.21. The molecule has 0 bridgehead atoms. The summed E-state index contributed by atoms with van der Waals surface area (Å²) in [5.74, 6) is -2.61. The highest BCUT2D eigenvalue weighted by Gasteiger charge is 2.26. The lowest BCUT2D eigenvalue weighted by molar-refractivity contribution is -0.141. The fraction of sp³-hybridized carbons (Fsp3) is 0.385. The molecule has 0 fully saturated rings. The third kappa shape index (κ3) is 4.28. The summed E-state index contributed by atoms with van der Waals surface area (Å²) in [6.07, 6.45) is 0.